The van der Waals surface area contributed by atoms with Crippen molar-refractivity contribution in [3.8, 4) is 0 Å². The predicted octanol–water partition coefficient (Wildman–Crippen LogP) is 0.500. The first-order valence-electron chi connectivity index (χ1n) is 5.71. The van der Waals surface area contributed by atoms with Crippen molar-refractivity contribution in [3.05, 3.63) is 34.7 Å². The number of sulfone groups is 1. The molecule has 3 N–H and O–H groups in total. The van der Waals surface area contributed by atoms with Gasteiger partial charge in [0, 0.05) is 13.1 Å². The molecule has 0 atom stereocenters. The van der Waals surface area contributed by atoms with Crippen LogP contribution in [0.5, 0.6) is 0 Å². The molecule has 0 bridgehead atoms. The number of nitrogens with one attached hydrogen (secondary N) is 1. The largest absolute Gasteiger partial charge is 0.444 e. The average molecular weight is 282 g/mol. The molecule has 1 aromatic rings. The molecule has 0 aliphatic carbocycles. The third kappa shape index (κ3) is 2.77. The maximum Gasteiger partial charge on any atom is 0.407 e. The summed E-state index contributed by atoms with van der Waals surface area (Å²) in [5.74, 6) is 0. The van der Waals surface area contributed by atoms with Gasteiger partial charge in [-0.05, 0) is 17.7 Å². The first-order valence-corrected chi connectivity index (χ1v) is 7.19. The monoisotopic (exact) mass is 282 g/mol. The second-order valence-electron chi connectivity index (χ2n) is 3.94. The van der Waals surface area contributed by atoms with E-state index in [-0.39, 0.29) is 23.0 Å². The van der Waals surface area contributed by atoms with Crippen molar-refractivity contribution in [2.24, 2.45) is 5.73 Å². The summed E-state index contributed by atoms with van der Waals surface area (Å²) in [7, 11) is -3.53. The fourth-order valence-electron chi connectivity index (χ4n) is 1.72. The Labute approximate surface area is 111 Å². The molecule has 1 heterocycles. The van der Waals surface area contributed by atoms with Crippen LogP contribution < -0.4 is 11.1 Å². The van der Waals surface area contributed by atoms with Gasteiger partial charge in [0.25, 0.3) is 0 Å². The normalized spacial score (nSPS) is 15.5. The van der Waals surface area contributed by atoms with Crippen LogP contribution in [0.4, 0.5) is 4.79 Å². The molecule has 1 aliphatic heterocycles. The highest BCUT2D eigenvalue weighted by molar-refractivity contribution is 7.95. The van der Waals surface area contributed by atoms with Crippen molar-refractivity contribution in [3.63, 3.8) is 0 Å². The predicted molar refractivity (Wildman–Crippen MR) is 70.0 cm³/mol. The van der Waals surface area contributed by atoms with E-state index in [1.165, 1.54) is 12.1 Å². The molecule has 0 unspecified atom stereocenters. The number of hydrogen-bond acceptors (Lipinski definition) is 5. The molecule has 1 aromatic carbocycles. The van der Waals surface area contributed by atoms with Crippen molar-refractivity contribution in [2.45, 2.75) is 4.90 Å². The van der Waals surface area contributed by atoms with Crippen molar-refractivity contribution >= 4 is 22.0 Å². The van der Waals surface area contributed by atoms with Crippen LogP contribution in [-0.4, -0.2) is 34.2 Å². The molecule has 0 saturated carbocycles. The van der Waals surface area contributed by atoms with Gasteiger partial charge in [0.2, 0.25) is 9.84 Å². The zero-order chi connectivity index (χ0) is 13.9. The van der Waals surface area contributed by atoms with Crippen LogP contribution in [-0.2, 0) is 14.6 Å². The number of rotatable bonds is 4. The third-order valence-corrected chi connectivity index (χ3v) is 4.51. The van der Waals surface area contributed by atoms with Gasteiger partial charge in [-0.1, -0.05) is 18.2 Å². The molecule has 2 rings (SSSR count). The topological polar surface area (TPSA) is 98.5 Å². The number of amides is 1. The fraction of sp³-hybridized carbons (Fsp3) is 0.250. The van der Waals surface area contributed by atoms with Gasteiger partial charge in [-0.2, -0.15) is 0 Å². The molecule has 0 fully saturated rings. The SMILES string of the molecule is NCCNC(=O)OCC1=Cc2ccccc2S1(=O)=O. The van der Waals surface area contributed by atoms with Crippen molar-refractivity contribution in [1.82, 2.24) is 5.32 Å². The molecular weight excluding hydrogens is 268 g/mol. The number of nitrogens with two attached hydrogens (primary N) is 1. The molecule has 102 valence electrons. The molecule has 0 saturated heterocycles. The molecule has 0 spiro atoms. The Morgan fingerprint density at radius 3 is 2.74 bits per heavy atom. The number of carbonyl (C=O) groups is 1. The van der Waals surface area contributed by atoms with Gasteiger partial charge >= 0.3 is 6.09 Å². The van der Waals surface area contributed by atoms with E-state index in [0.717, 1.165) is 0 Å². The Morgan fingerprint density at radius 2 is 2.05 bits per heavy atom. The lowest BCUT2D eigenvalue weighted by Crippen LogP contribution is -2.30. The van der Waals surface area contributed by atoms with E-state index >= 15 is 0 Å². The van der Waals surface area contributed by atoms with Gasteiger partial charge < -0.3 is 15.8 Å². The molecule has 1 aliphatic rings. The highest BCUT2D eigenvalue weighted by Crippen LogP contribution is 2.32. The summed E-state index contributed by atoms with van der Waals surface area (Å²) in [6.45, 7) is 0.291. The quantitative estimate of drug-likeness (QED) is 0.838. The summed E-state index contributed by atoms with van der Waals surface area (Å²) in [5.41, 5.74) is 5.83. The number of carbonyl (C=O) groups excluding carboxylic acids is 1. The first kappa shape index (κ1) is 13.6. The Morgan fingerprint density at radius 1 is 1.32 bits per heavy atom. The summed E-state index contributed by atoms with van der Waals surface area (Å²) in [6.07, 6.45) is 0.832. The Balaban J connectivity index is 2.06. The molecule has 1 amide bonds. The van der Waals surface area contributed by atoms with Crippen LogP contribution in [0, 0.1) is 0 Å². The van der Waals surface area contributed by atoms with Gasteiger partial charge in [-0.15, -0.1) is 0 Å². The van der Waals surface area contributed by atoms with Gasteiger partial charge in [0.05, 0.1) is 9.80 Å². The lowest BCUT2D eigenvalue weighted by atomic mass is 10.2. The van der Waals surface area contributed by atoms with Crippen LogP contribution in [0.2, 0.25) is 0 Å². The Hall–Kier alpha value is -1.86. The zero-order valence-electron chi connectivity index (χ0n) is 10.1. The number of alkyl carbamates (subject to hydrolysis) is 1. The van der Waals surface area contributed by atoms with Gasteiger partial charge in [0.1, 0.15) is 6.61 Å². The lowest BCUT2D eigenvalue weighted by molar-refractivity contribution is 0.158. The lowest BCUT2D eigenvalue weighted by Gasteiger charge is -2.06. The van der Waals surface area contributed by atoms with E-state index in [1.807, 2.05) is 0 Å². The molecular formula is C12H14N2O4S. The van der Waals surface area contributed by atoms with E-state index in [4.69, 9.17) is 10.5 Å². The highest BCUT2D eigenvalue weighted by Gasteiger charge is 2.29. The van der Waals surface area contributed by atoms with Gasteiger partial charge in [-0.3, -0.25) is 0 Å². The van der Waals surface area contributed by atoms with E-state index in [0.29, 0.717) is 12.1 Å². The Kier molecular flexibility index (Phi) is 3.87. The van der Waals surface area contributed by atoms with E-state index in [9.17, 15) is 13.2 Å². The maximum atomic E-state index is 12.1. The van der Waals surface area contributed by atoms with Crippen molar-refractivity contribution in [1.29, 1.82) is 0 Å². The zero-order valence-corrected chi connectivity index (χ0v) is 10.9. The van der Waals surface area contributed by atoms with Crippen LogP contribution in [0.15, 0.2) is 34.1 Å². The molecule has 6 nitrogen and oxygen atoms in total. The average Bonchev–Trinajstić information content (AvgIpc) is 2.66. The third-order valence-electron chi connectivity index (χ3n) is 2.63. The minimum atomic E-state index is -3.53. The summed E-state index contributed by atoms with van der Waals surface area (Å²) in [6, 6.07) is 6.64. The van der Waals surface area contributed by atoms with E-state index < -0.39 is 15.9 Å². The van der Waals surface area contributed by atoms with Gasteiger partial charge in [-0.25, -0.2) is 13.2 Å². The minimum absolute atomic E-state index is 0.0802. The molecule has 7 heteroatoms. The number of fused-ring (bicyclic) bond motifs is 1. The van der Waals surface area contributed by atoms with Crippen LogP contribution >= 0.6 is 0 Å². The first-order chi connectivity index (χ1) is 9.05. The number of ether oxygens (including phenoxy) is 1. The second-order valence-corrected chi connectivity index (χ2v) is 5.91. The number of benzene rings is 1. The second kappa shape index (κ2) is 5.41. The van der Waals surface area contributed by atoms with E-state index in [1.54, 1.807) is 18.2 Å². The van der Waals surface area contributed by atoms with Crippen molar-refractivity contribution in [2.75, 3.05) is 19.7 Å². The van der Waals surface area contributed by atoms with Gasteiger partial charge in [0.15, 0.2) is 0 Å². The summed E-state index contributed by atoms with van der Waals surface area (Å²) in [5, 5.41) is 2.40. The Bertz CT molecular complexity index is 622. The summed E-state index contributed by atoms with van der Waals surface area (Å²) < 4.78 is 29.1. The number of hydrogen-bond donors (Lipinski definition) is 2. The van der Waals surface area contributed by atoms with Crippen LogP contribution in [0.1, 0.15) is 5.56 Å². The maximum absolute atomic E-state index is 12.1. The van der Waals surface area contributed by atoms with Crippen molar-refractivity contribution < 1.29 is 17.9 Å². The highest BCUT2D eigenvalue weighted by atomic mass is 32.2. The summed E-state index contributed by atoms with van der Waals surface area (Å²) in [4.78, 5) is 11.6. The molecule has 19 heavy (non-hydrogen) atoms. The van der Waals surface area contributed by atoms with E-state index in [2.05, 4.69) is 5.32 Å². The standard InChI is InChI=1S/C12H14N2O4S/c13-5-6-14-12(15)18-8-10-7-9-3-1-2-4-11(9)19(10,16)17/h1-4,7H,5-6,8,13H2,(H,14,15). The molecule has 0 radical (unpaired) electrons. The minimum Gasteiger partial charge on any atom is -0.444 e. The summed E-state index contributed by atoms with van der Waals surface area (Å²) >= 11 is 0. The fourth-order valence-corrected chi connectivity index (χ4v) is 3.19. The van der Waals surface area contributed by atoms with Crippen LogP contribution in [0.25, 0.3) is 6.08 Å². The smallest absolute Gasteiger partial charge is 0.407 e. The van der Waals surface area contributed by atoms with Crippen LogP contribution in [0.3, 0.4) is 0 Å². The molecule has 0 aromatic heterocycles.